The lowest BCUT2D eigenvalue weighted by molar-refractivity contribution is 0.403. The fourth-order valence-electron chi connectivity index (χ4n) is 1.64. The molecule has 17 heavy (non-hydrogen) atoms. The number of pyridine rings is 1. The second-order valence-electron chi connectivity index (χ2n) is 3.56. The van der Waals surface area contributed by atoms with Gasteiger partial charge in [0.1, 0.15) is 0 Å². The lowest BCUT2D eigenvalue weighted by atomic mass is 10.1. The lowest BCUT2D eigenvalue weighted by Gasteiger charge is -2.05. The van der Waals surface area contributed by atoms with Gasteiger partial charge in [-0.2, -0.15) is 0 Å². The van der Waals surface area contributed by atoms with Crippen molar-refractivity contribution in [2.24, 2.45) is 0 Å². The van der Waals surface area contributed by atoms with Gasteiger partial charge in [0.25, 0.3) is 0 Å². The number of hydrogen-bond donors (Lipinski definition) is 0. The molecule has 2 aromatic rings. The minimum Gasteiger partial charge on any atom is -0.481 e. The fourth-order valence-corrected chi connectivity index (χ4v) is 2.60. The highest BCUT2D eigenvalue weighted by Crippen LogP contribution is 2.25. The average Bonchev–Trinajstić information content (AvgIpc) is 2.26. The Labute approximate surface area is 104 Å². The Morgan fingerprint density at radius 1 is 1.35 bits per heavy atom. The maximum Gasteiger partial charge on any atom is 0.236 e. The standard InChI is InChI=1S/C11H10ClNO3S/c1-16-11-10-6-8(7-17(12,14)15)2-3-9(10)4-5-13-11/h2-6H,7H2,1H3. The van der Waals surface area contributed by atoms with E-state index in [0.29, 0.717) is 11.4 Å². The SMILES string of the molecule is COc1nccc2ccc(CS(=O)(=O)Cl)cc12. The summed E-state index contributed by atoms with van der Waals surface area (Å²) < 4.78 is 27.1. The summed E-state index contributed by atoms with van der Waals surface area (Å²) in [4.78, 5) is 4.06. The van der Waals surface area contributed by atoms with E-state index in [9.17, 15) is 8.42 Å². The summed E-state index contributed by atoms with van der Waals surface area (Å²) in [6, 6.07) is 7.09. The van der Waals surface area contributed by atoms with Crippen LogP contribution in [-0.4, -0.2) is 20.5 Å². The maximum absolute atomic E-state index is 11.0. The van der Waals surface area contributed by atoms with Crippen molar-refractivity contribution in [1.82, 2.24) is 4.98 Å². The highest BCUT2D eigenvalue weighted by Gasteiger charge is 2.09. The Hall–Kier alpha value is -1.33. The summed E-state index contributed by atoms with van der Waals surface area (Å²) in [5.41, 5.74) is 0.610. The summed E-state index contributed by atoms with van der Waals surface area (Å²) in [6.07, 6.45) is 1.64. The summed E-state index contributed by atoms with van der Waals surface area (Å²) in [5.74, 6) is 0.263. The number of halogens is 1. The second kappa shape index (κ2) is 4.50. The predicted octanol–water partition coefficient (Wildman–Crippen LogP) is 2.31. The summed E-state index contributed by atoms with van der Waals surface area (Å²) in [7, 11) is 3.18. The molecule has 90 valence electrons. The van der Waals surface area contributed by atoms with Crippen LogP contribution in [0.2, 0.25) is 0 Å². The Morgan fingerprint density at radius 3 is 2.76 bits per heavy atom. The molecule has 4 nitrogen and oxygen atoms in total. The van der Waals surface area contributed by atoms with E-state index >= 15 is 0 Å². The first kappa shape index (κ1) is 12.1. The number of nitrogens with zero attached hydrogens (tertiary/aromatic N) is 1. The van der Waals surface area contributed by atoms with Crippen LogP contribution in [0.25, 0.3) is 10.8 Å². The van der Waals surface area contributed by atoms with Gasteiger partial charge in [-0.05, 0) is 23.1 Å². The Bertz CT molecular complexity index is 655. The van der Waals surface area contributed by atoms with E-state index < -0.39 is 9.05 Å². The number of benzene rings is 1. The minimum absolute atomic E-state index is 0.206. The van der Waals surface area contributed by atoms with Crippen LogP contribution in [0.1, 0.15) is 5.56 Å². The van der Waals surface area contributed by atoms with Crippen LogP contribution >= 0.6 is 10.7 Å². The summed E-state index contributed by atoms with van der Waals surface area (Å²) >= 11 is 0. The number of hydrogen-bond acceptors (Lipinski definition) is 4. The van der Waals surface area contributed by atoms with Gasteiger partial charge in [-0.1, -0.05) is 12.1 Å². The Morgan fingerprint density at radius 2 is 2.12 bits per heavy atom. The molecule has 0 unspecified atom stereocenters. The van der Waals surface area contributed by atoms with Crippen LogP contribution in [-0.2, 0) is 14.8 Å². The van der Waals surface area contributed by atoms with E-state index in [-0.39, 0.29) is 5.75 Å². The van der Waals surface area contributed by atoms with Crippen LogP contribution in [0.4, 0.5) is 0 Å². The molecule has 0 atom stereocenters. The van der Waals surface area contributed by atoms with Crippen LogP contribution in [0.5, 0.6) is 5.88 Å². The first-order valence-corrected chi connectivity index (χ1v) is 7.31. The molecular formula is C11H10ClNO3S. The average molecular weight is 272 g/mol. The fraction of sp³-hybridized carbons (Fsp3) is 0.182. The van der Waals surface area contributed by atoms with Gasteiger partial charge in [-0.15, -0.1) is 0 Å². The smallest absolute Gasteiger partial charge is 0.236 e. The highest BCUT2D eigenvalue weighted by molar-refractivity contribution is 8.13. The van der Waals surface area contributed by atoms with Crippen LogP contribution in [0.3, 0.4) is 0 Å². The van der Waals surface area contributed by atoms with Crippen LogP contribution < -0.4 is 4.74 Å². The number of aromatic nitrogens is 1. The molecule has 0 saturated carbocycles. The topological polar surface area (TPSA) is 56.3 Å². The van der Waals surface area contributed by atoms with Crippen molar-refractivity contribution in [3.8, 4) is 5.88 Å². The molecule has 1 aromatic heterocycles. The minimum atomic E-state index is -3.55. The number of methoxy groups -OCH3 is 1. The first-order valence-electron chi connectivity index (χ1n) is 4.83. The molecule has 0 radical (unpaired) electrons. The predicted molar refractivity (Wildman–Crippen MR) is 66.8 cm³/mol. The molecule has 1 heterocycles. The van der Waals surface area contributed by atoms with Gasteiger partial charge in [0, 0.05) is 22.3 Å². The van der Waals surface area contributed by atoms with E-state index in [1.165, 1.54) is 7.11 Å². The van der Waals surface area contributed by atoms with E-state index in [1.807, 2.05) is 12.1 Å². The highest BCUT2D eigenvalue weighted by atomic mass is 35.7. The summed E-state index contributed by atoms with van der Waals surface area (Å²) in [5, 5.41) is 1.71. The molecule has 2 rings (SSSR count). The van der Waals surface area contributed by atoms with E-state index in [0.717, 1.165) is 10.8 Å². The van der Waals surface area contributed by atoms with Gasteiger partial charge in [0.2, 0.25) is 14.9 Å². The number of rotatable bonds is 3. The molecule has 6 heteroatoms. The zero-order chi connectivity index (χ0) is 12.5. The maximum atomic E-state index is 11.0. The third-order valence-electron chi connectivity index (χ3n) is 2.33. The lowest BCUT2D eigenvalue weighted by Crippen LogP contribution is -1.96. The van der Waals surface area contributed by atoms with Gasteiger partial charge in [0.05, 0.1) is 12.9 Å². The molecule has 0 saturated heterocycles. The van der Waals surface area contributed by atoms with Crippen molar-refractivity contribution in [2.75, 3.05) is 7.11 Å². The van der Waals surface area contributed by atoms with Crippen LogP contribution in [0, 0.1) is 0 Å². The van der Waals surface area contributed by atoms with Gasteiger partial charge in [-0.3, -0.25) is 0 Å². The van der Waals surface area contributed by atoms with Gasteiger partial charge in [-0.25, -0.2) is 13.4 Å². The normalized spacial score (nSPS) is 11.6. The van der Waals surface area contributed by atoms with Crippen LogP contribution in [0.15, 0.2) is 30.5 Å². The third kappa shape index (κ3) is 2.87. The monoisotopic (exact) mass is 271 g/mol. The first-order chi connectivity index (χ1) is 7.99. The molecule has 0 bridgehead atoms. The van der Waals surface area contributed by atoms with Crippen molar-refractivity contribution >= 4 is 30.5 Å². The van der Waals surface area contributed by atoms with E-state index in [4.69, 9.17) is 15.4 Å². The molecule has 0 aliphatic heterocycles. The zero-order valence-corrected chi connectivity index (χ0v) is 10.6. The largest absolute Gasteiger partial charge is 0.481 e. The molecule has 0 aliphatic carbocycles. The van der Waals surface area contributed by atoms with Crippen molar-refractivity contribution in [2.45, 2.75) is 5.75 Å². The molecule has 1 aromatic carbocycles. The zero-order valence-electron chi connectivity index (χ0n) is 9.05. The third-order valence-corrected chi connectivity index (χ3v) is 3.33. The number of ether oxygens (including phenoxy) is 1. The van der Waals surface area contributed by atoms with E-state index in [2.05, 4.69) is 4.98 Å². The van der Waals surface area contributed by atoms with Gasteiger partial charge in [0.15, 0.2) is 0 Å². The second-order valence-corrected chi connectivity index (χ2v) is 6.34. The number of fused-ring (bicyclic) bond motifs is 1. The molecule has 0 N–H and O–H groups in total. The molecule has 0 fully saturated rings. The molecule has 0 amide bonds. The Kier molecular flexibility index (Phi) is 3.22. The van der Waals surface area contributed by atoms with Gasteiger partial charge < -0.3 is 4.74 Å². The van der Waals surface area contributed by atoms with Crippen molar-refractivity contribution in [3.63, 3.8) is 0 Å². The molecule has 0 aliphatic rings. The Balaban J connectivity index is 2.56. The molecule has 0 spiro atoms. The molecular weight excluding hydrogens is 262 g/mol. The quantitative estimate of drug-likeness (QED) is 0.804. The van der Waals surface area contributed by atoms with Crippen molar-refractivity contribution in [3.05, 3.63) is 36.0 Å². The van der Waals surface area contributed by atoms with Gasteiger partial charge >= 0.3 is 0 Å². The van der Waals surface area contributed by atoms with E-state index in [1.54, 1.807) is 18.3 Å². The van der Waals surface area contributed by atoms with Crippen molar-refractivity contribution in [1.29, 1.82) is 0 Å². The summed E-state index contributed by atoms with van der Waals surface area (Å²) in [6.45, 7) is 0. The van der Waals surface area contributed by atoms with Crippen molar-refractivity contribution < 1.29 is 13.2 Å².